The van der Waals surface area contributed by atoms with Gasteiger partial charge in [-0.05, 0) is 54.8 Å². The van der Waals surface area contributed by atoms with Crippen LogP contribution in [0.4, 0.5) is 5.69 Å². The molecule has 0 radical (unpaired) electrons. The van der Waals surface area contributed by atoms with E-state index in [0.29, 0.717) is 30.0 Å². The van der Waals surface area contributed by atoms with Gasteiger partial charge in [0.1, 0.15) is 5.75 Å². The SMILES string of the molecule is O=C(Nc1ccc(OC(=O)C(c2ccccc2)N2CCCCC2=O)cc1)c1ccccc1. The minimum atomic E-state index is -0.790. The van der Waals surface area contributed by atoms with Crippen molar-refractivity contribution in [2.24, 2.45) is 0 Å². The first-order valence-corrected chi connectivity index (χ1v) is 10.6. The molecule has 3 aromatic carbocycles. The fourth-order valence-electron chi connectivity index (χ4n) is 3.75. The highest BCUT2D eigenvalue weighted by molar-refractivity contribution is 6.04. The molecule has 1 N–H and O–H groups in total. The maximum Gasteiger partial charge on any atom is 0.338 e. The summed E-state index contributed by atoms with van der Waals surface area (Å²) in [6.07, 6.45) is 2.13. The van der Waals surface area contributed by atoms with Crippen LogP contribution in [-0.4, -0.2) is 29.2 Å². The molecule has 0 saturated carbocycles. The second-order valence-electron chi connectivity index (χ2n) is 7.62. The van der Waals surface area contributed by atoms with Crippen LogP contribution in [0.5, 0.6) is 5.75 Å². The quantitative estimate of drug-likeness (QED) is 0.460. The lowest BCUT2D eigenvalue weighted by molar-refractivity contribution is -0.150. The van der Waals surface area contributed by atoms with Gasteiger partial charge in [0.2, 0.25) is 5.91 Å². The summed E-state index contributed by atoms with van der Waals surface area (Å²) < 4.78 is 5.63. The number of hydrogen-bond donors (Lipinski definition) is 1. The molecule has 1 unspecified atom stereocenters. The average Bonchev–Trinajstić information content (AvgIpc) is 2.83. The molecule has 6 heteroatoms. The molecule has 162 valence electrons. The summed E-state index contributed by atoms with van der Waals surface area (Å²) in [7, 11) is 0. The van der Waals surface area contributed by atoms with Crippen molar-refractivity contribution >= 4 is 23.5 Å². The maximum absolute atomic E-state index is 13.1. The van der Waals surface area contributed by atoms with Gasteiger partial charge in [0, 0.05) is 24.2 Å². The molecule has 1 atom stereocenters. The third kappa shape index (κ3) is 5.03. The first-order valence-electron chi connectivity index (χ1n) is 10.6. The van der Waals surface area contributed by atoms with Crippen molar-refractivity contribution in [2.45, 2.75) is 25.3 Å². The number of anilines is 1. The Morgan fingerprint density at radius 2 is 1.50 bits per heavy atom. The van der Waals surface area contributed by atoms with Gasteiger partial charge in [-0.15, -0.1) is 0 Å². The van der Waals surface area contributed by atoms with Gasteiger partial charge in [0.25, 0.3) is 5.91 Å². The van der Waals surface area contributed by atoms with Crippen LogP contribution in [0, 0.1) is 0 Å². The summed E-state index contributed by atoms with van der Waals surface area (Å²) in [5.41, 5.74) is 1.86. The molecule has 32 heavy (non-hydrogen) atoms. The Morgan fingerprint density at radius 3 is 2.16 bits per heavy atom. The third-order valence-electron chi connectivity index (χ3n) is 5.38. The zero-order valence-electron chi connectivity index (χ0n) is 17.6. The van der Waals surface area contributed by atoms with Crippen molar-refractivity contribution in [3.05, 3.63) is 96.1 Å². The molecule has 0 spiro atoms. The van der Waals surface area contributed by atoms with Crippen LogP contribution in [-0.2, 0) is 9.59 Å². The van der Waals surface area contributed by atoms with Gasteiger partial charge >= 0.3 is 5.97 Å². The molecular weight excluding hydrogens is 404 g/mol. The van der Waals surface area contributed by atoms with Crippen molar-refractivity contribution in [1.29, 1.82) is 0 Å². The van der Waals surface area contributed by atoms with Crippen LogP contribution in [0.25, 0.3) is 0 Å². The Bertz CT molecular complexity index is 1080. The van der Waals surface area contributed by atoms with E-state index in [4.69, 9.17) is 4.74 Å². The zero-order chi connectivity index (χ0) is 22.3. The Morgan fingerprint density at radius 1 is 0.844 bits per heavy atom. The summed E-state index contributed by atoms with van der Waals surface area (Å²) in [6, 6.07) is 23.9. The average molecular weight is 428 g/mol. The van der Waals surface area contributed by atoms with Gasteiger partial charge < -0.3 is 15.0 Å². The minimum absolute atomic E-state index is 0.0407. The van der Waals surface area contributed by atoms with Gasteiger partial charge in [-0.2, -0.15) is 0 Å². The van der Waals surface area contributed by atoms with E-state index in [0.717, 1.165) is 18.4 Å². The van der Waals surface area contributed by atoms with Gasteiger partial charge in [0.05, 0.1) is 0 Å². The monoisotopic (exact) mass is 428 g/mol. The normalized spacial score (nSPS) is 14.5. The lowest BCUT2D eigenvalue weighted by Gasteiger charge is -2.33. The van der Waals surface area contributed by atoms with Crippen LogP contribution < -0.4 is 10.1 Å². The Labute approximate surface area is 186 Å². The van der Waals surface area contributed by atoms with E-state index < -0.39 is 12.0 Å². The fraction of sp³-hybridized carbons (Fsp3) is 0.192. The molecule has 1 aliphatic rings. The molecule has 2 amide bonds. The Kier molecular flexibility index (Phi) is 6.60. The number of piperidine rings is 1. The molecule has 1 saturated heterocycles. The summed E-state index contributed by atoms with van der Waals surface area (Å²) in [5, 5.41) is 2.81. The number of rotatable bonds is 6. The van der Waals surface area contributed by atoms with Crippen LogP contribution in [0.15, 0.2) is 84.9 Å². The van der Waals surface area contributed by atoms with Gasteiger partial charge in [-0.1, -0.05) is 48.5 Å². The number of likely N-dealkylation sites (tertiary alicyclic amines) is 1. The molecule has 0 aliphatic carbocycles. The van der Waals surface area contributed by atoms with Crippen LogP contribution in [0.3, 0.4) is 0 Å². The standard InChI is InChI=1S/C26H24N2O4/c29-23-13-7-8-18-28(23)24(19-9-3-1-4-10-19)26(31)32-22-16-14-21(15-17-22)27-25(30)20-11-5-2-6-12-20/h1-6,9-12,14-17,24H,7-8,13,18H2,(H,27,30). The summed E-state index contributed by atoms with van der Waals surface area (Å²) in [4.78, 5) is 39.5. The first-order chi connectivity index (χ1) is 15.6. The van der Waals surface area contributed by atoms with E-state index in [2.05, 4.69) is 5.32 Å². The molecule has 0 bridgehead atoms. The number of hydrogen-bond acceptors (Lipinski definition) is 4. The molecular formula is C26H24N2O4. The molecule has 4 rings (SSSR count). The highest BCUT2D eigenvalue weighted by Crippen LogP contribution is 2.28. The number of carbonyl (C=O) groups is 3. The number of benzene rings is 3. The van der Waals surface area contributed by atoms with E-state index >= 15 is 0 Å². The molecule has 1 aliphatic heterocycles. The largest absolute Gasteiger partial charge is 0.425 e. The van der Waals surface area contributed by atoms with Crippen molar-refractivity contribution in [3.63, 3.8) is 0 Å². The number of nitrogens with zero attached hydrogens (tertiary/aromatic N) is 1. The van der Waals surface area contributed by atoms with E-state index in [9.17, 15) is 14.4 Å². The third-order valence-corrected chi connectivity index (χ3v) is 5.38. The topological polar surface area (TPSA) is 75.7 Å². The molecule has 0 aromatic heterocycles. The number of carbonyl (C=O) groups excluding carboxylic acids is 3. The maximum atomic E-state index is 13.1. The Hall–Kier alpha value is -3.93. The number of esters is 1. The predicted octanol–water partition coefficient (Wildman–Crippen LogP) is 4.60. The second kappa shape index (κ2) is 9.92. The lowest BCUT2D eigenvalue weighted by atomic mass is 10.0. The van der Waals surface area contributed by atoms with E-state index in [1.807, 2.05) is 36.4 Å². The molecule has 1 fully saturated rings. The van der Waals surface area contributed by atoms with Gasteiger partial charge in [-0.3, -0.25) is 9.59 Å². The van der Waals surface area contributed by atoms with E-state index in [1.54, 1.807) is 53.4 Å². The van der Waals surface area contributed by atoms with Crippen molar-refractivity contribution in [3.8, 4) is 5.75 Å². The predicted molar refractivity (Wildman–Crippen MR) is 121 cm³/mol. The molecule has 1 heterocycles. The minimum Gasteiger partial charge on any atom is -0.425 e. The molecule has 3 aromatic rings. The summed E-state index contributed by atoms with van der Waals surface area (Å²) in [5.74, 6) is -0.422. The smallest absolute Gasteiger partial charge is 0.338 e. The lowest BCUT2D eigenvalue weighted by Crippen LogP contribution is -2.43. The van der Waals surface area contributed by atoms with Crippen LogP contribution in [0.1, 0.15) is 41.2 Å². The van der Waals surface area contributed by atoms with E-state index in [-0.39, 0.29) is 11.8 Å². The fourth-order valence-corrected chi connectivity index (χ4v) is 3.75. The molecule has 6 nitrogen and oxygen atoms in total. The highest BCUT2D eigenvalue weighted by Gasteiger charge is 2.34. The zero-order valence-corrected chi connectivity index (χ0v) is 17.6. The van der Waals surface area contributed by atoms with Gasteiger partial charge in [0.15, 0.2) is 6.04 Å². The van der Waals surface area contributed by atoms with E-state index in [1.165, 1.54) is 0 Å². The summed E-state index contributed by atoms with van der Waals surface area (Å²) >= 11 is 0. The van der Waals surface area contributed by atoms with Gasteiger partial charge in [-0.25, -0.2) is 4.79 Å². The number of ether oxygens (including phenoxy) is 1. The highest BCUT2D eigenvalue weighted by atomic mass is 16.5. The van der Waals surface area contributed by atoms with Crippen LogP contribution in [0.2, 0.25) is 0 Å². The van der Waals surface area contributed by atoms with Crippen molar-refractivity contribution in [2.75, 3.05) is 11.9 Å². The summed E-state index contributed by atoms with van der Waals surface area (Å²) in [6.45, 7) is 0.526. The number of amides is 2. The number of nitrogens with one attached hydrogen (secondary N) is 1. The second-order valence-corrected chi connectivity index (χ2v) is 7.62. The van der Waals surface area contributed by atoms with Crippen molar-refractivity contribution in [1.82, 2.24) is 4.90 Å². The Balaban J connectivity index is 1.47. The van der Waals surface area contributed by atoms with Crippen LogP contribution >= 0.6 is 0 Å². The first kappa shape index (κ1) is 21.3. The van der Waals surface area contributed by atoms with Crippen molar-refractivity contribution < 1.29 is 19.1 Å².